The monoisotopic (exact) mass is 236 g/mol. The van der Waals surface area contributed by atoms with Gasteiger partial charge in [-0.2, -0.15) is 0 Å². The highest BCUT2D eigenvalue weighted by Crippen LogP contribution is 2.26. The maximum absolute atomic E-state index is 11.1. The fraction of sp³-hybridized carbons (Fsp3) is 0.250. The number of fused-ring (bicyclic) bond motifs is 1. The molecule has 0 bridgehead atoms. The number of hydrogen-bond donors (Lipinski definition) is 1. The van der Waals surface area contributed by atoms with Crippen LogP contribution in [0.5, 0.6) is 0 Å². The van der Waals surface area contributed by atoms with Crippen LogP contribution in [0.25, 0.3) is 10.1 Å². The molecular formula is C12H12O3S. The summed E-state index contributed by atoms with van der Waals surface area (Å²) in [6.45, 7) is 0. The maximum atomic E-state index is 11.1. The first-order valence-corrected chi connectivity index (χ1v) is 5.75. The van der Waals surface area contributed by atoms with Gasteiger partial charge in [-0.25, -0.2) is 4.79 Å². The van der Waals surface area contributed by atoms with Gasteiger partial charge in [0.1, 0.15) is 0 Å². The lowest BCUT2D eigenvalue weighted by atomic mass is 10.2. The molecule has 84 valence electrons. The van der Waals surface area contributed by atoms with E-state index in [1.807, 2.05) is 30.3 Å². The zero-order valence-electron chi connectivity index (χ0n) is 8.84. The first-order valence-electron chi connectivity index (χ1n) is 4.94. The normalized spacial score (nSPS) is 12.6. The lowest BCUT2D eigenvalue weighted by molar-refractivity contribution is -0.150. The summed E-state index contributed by atoms with van der Waals surface area (Å²) in [7, 11) is 1.27. The van der Waals surface area contributed by atoms with E-state index in [1.165, 1.54) is 7.11 Å². The summed E-state index contributed by atoms with van der Waals surface area (Å²) in [6, 6.07) is 9.97. The first-order chi connectivity index (χ1) is 7.70. The Bertz CT molecular complexity index is 471. The lowest BCUT2D eigenvalue weighted by Crippen LogP contribution is -2.23. The van der Waals surface area contributed by atoms with E-state index >= 15 is 0 Å². The molecule has 0 amide bonds. The summed E-state index contributed by atoms with van der Waals surface area (Å²) < 4.78 is 5.64. The van der Waals surface area contributed by atoms with Crippen molar-refractivity contribution < 1.29 is 14.6 Å². The Balaban J connectivity index is 2.18. The van der Waals surface area contributed by atoms with Crippen molar-refractivity contribution in [3.63, 3.8) is 0 Å². The van der Waals surface area contributed by atoms with Gasteiger partial charge >= 0.3 is 5.97 Å². The summed E-state index contributed by atoms with van der Waals surface area (Å²) in [5.74, 6) is -0.586. The number of aliphatic hydroxyl groups excluding tert-OH is 1. The standard InChI is InChI=1S/C12H12O3S/c1-15-12(14)10(13)7-9-6-8-4-2-3-5-11(8)16-9/h2-6,10,13H,7H2,1H3. The van der Waals surface area contributed by atoms with Gasteiger partial charge in [-0.3, -0.25) is 0 Å². The average Bonchev–Trinajstić information content (AvgIpc) is 2.69. The van der Waals surface area contributed by atoms with E-state index in [4.69, 9.17) is 0 Å². The third-order valence-corrected chi connectivity index (χ3v) is 3.48. The van der Waals surface area contributed by atoms with E-state index < -0.39 is 12.1 Å². The van der Waals surface area contributed by atoms with Crippen molar-refractivity contribution in [1.82, 2.24) is 0 Å². The molecule has 0 saturated carbocycles. The van der Waals surface area contributed by atoms with Gasteiger partial charge in [0.15, 0.2) is 6.10 Å². The Kier molecular flexibility index (Phi) is 3.22. The molecule has 2 aromatic rings. The molecule has 0 aliphatic carbocycles. The van der Waals surface area contributed by atoms with E-state index in [0.717, 1.165) is 15.0 Å². The molecule has 0 aliphatic rings. The predicted molar refractivity (Wildman–Crippen MR) is 63.6 cm³/mol. The second-order valence-corrected chi connectivity index (χ2v) is 4.66. The molecule has 16 heavy (non-hydrogen) atoms. The molecule has 2 rings (SSSR count). The average molecular weight is 236 g/mol. The van der Waals surface area contributed by atoms with Crippen LogP contribution in [0.2, 0.25) is 0 Å². The Morgan fingerprint density at radius 1 is 1.50 bits per heavy atom. The van der Waals surface area contributed by atoms with Crippen LogP contribution in [0.3, 0.4) is 0 Å². The highest BCUT2D eigenvalue weighted by atomic mass is 32.1. The fourth-order valence-corrected chi connectivity index (χ4v) is 2.65. The van der Waals surface area contributed by atoms with Crippen molar-refractivity contribution in [3.05, 3.63) is 35.2 Å². The molecule has 0 fully saturated rings. The Labute approximate surface area is 97.3 Å². The van der Waals surface area contributed by atoms with Crippen molar-refractivity contribution in [2.24, 2.45) is 0 Å². The zero-order chi connectivity index (χ0) is 11.5. The molecule has 1 heterocycles. The van der Waals surface area contributed by atoms with Crippen LogP contribution in [0.1, 0.15) is 4.88 Å². The highest BCUT2D eigenvalue weighted by Gasteiger charge is 2.16. The van der Waals surface area contributed by atoms with Crippen LogP contribution in [0.4, 0.5) is 0 Å². The SMILES string of the molecule is COC(=O)C(O)Cc1cc2ccccc2s1. The van der Waals surface area contributed by atoms with Crippen molar-refractivity contribution in [2.45, 2.75) is 12.5 Å². The molecule has 1 aromatic heterocycles. The summed E-state index contributed by atoms with van der Waals surface area (Å²) in [5, 5.41) is 10.7. The van der Waals surface area contributed by atoms with Crippen LogP contribution in [0, 0.1) is 0 Å². The Hall–Kier alpha value is -1.39. The number of benzene rings is 1. The summed E-state index contributed by atoms with van der Waals surface area (Å²) >= 11 is 1.59. The number of rotatable bonds is 3. The van der Waals surface area contributed by atoms with Crippen LogP contribution in [-0.4, -0.2) is 24.3 Å². The minimum absolute atomic E-state index is 0.312. The maximum Gasteiger partial charge on any atom is 0.335 e. The first kappa shape index (κ1) is 11.1. The lowest BCUT2D eigenvalue weighted by Gasteiger charge is -2.05. The number of carbonyl (C=O) groups is 1. The summed E-state index contributed by atoms with van der Waals surface area (Å²) in [4.78, 5) is 12.0. The largest absolute Gasteiger partial charge is 0.467 e. The Morgan fingerprint density at radius 3 is 2.94 bits per heavy atom. The Morgan fingerprint density at radius 2 is 2.25 bits per heavy atom. The van der Waals surface area contributed by atoms with Crippen molar-refractivity contribution >= 4 is 27.4 Å². The topological polar surface area (TPSA) is 46.5 Å². The van der Waals surface area contributed by atoms with Crippen molar-refractivity contribution in [1.29, 1.82) is 0 Å². The van der Waals surface area contributed by atoms with E-state index in [2.05, 4.69) is 4.74 Å². The number of thiophene rings is 1. The van der Waals surface area contributed by atoms with E-state index in [1.54, 1.807) is 11.3 Å². The molecule has 0 spiro atoms. The van der Waals surface area contributed by atoms with Gasteiger partial charge in [-0.05, 0) is 17.5 Å². The fourth-order valence-electron chi connectivity index (χ4n) is 1.55. The molecule has 1 N–H and O–H groups in total. The predicted octanol–water partition coefficient (Wildman–Crippen LogP) is 1.98. The molecule has 1 unspecified atom stereocenters. The van der Waals surface area contributed by atoms with Gasteiger partial charge in [0.25, 0.3) is 0 Å². The summed E-state index contributed by atoms with van der Waals surface area (Å²) in [6.07, 6.45) is -0.760. The molecule has 0 aliphatic heterocycles. The molecule has 4 heteroatoms. The van der Waals surface area contributed by atoms with Crippen molar-refractivity contribution in [3.8, 4) is 0 Å². The number of methoxy groups -OCH3 is 1. The van der Waals surface area contributed by atoms with Crippen LogP contribution < -0.4 is 0 Å². The molecular weight excluding hydrogens is 224 g/mol. The summed E-state index contributed by atoms with van der Waals surface area (Å²) in [5.41, 5.74) is 0. The van der Waals surface area contributed by atoms with Gasteiger partial charge in [0.2, 0.25) is 0 Å². The third-order valence-electron chi connectivity index (χ3n) is 2.34. The van der Waals surface area contributed by atoms with Crippen LogP contribution >= 0.6 is 11.3 Å². The molecule has 1 atom stereocenters. The van der Waals surface area contributed by atoms with Gasteiger partial charge < -0.3 is 9.84 Å². The zero-order valence-corrected chi connectivity index (χ0v) is 9.66. The smallest absolute Gasteiger partial charge is 0.335 e. The van der Waals surface area contributed by atoms with Gasteiger partial charge in [0, 0.05) is 16.0 Å². The quantitative estimate of drug-likeness (QED) is 0.829. The van der Waals surface area contributed by atoms with Gasteiger partial charge in [-0.15, -0.1) is 11.3 Å². The number of ether oxygens (including phenoxy) is 1. The van der Waals surface area contributed by atoms with E-state index in [0.29, 0.717) is 6.42 Å². The van der Waals surface area contributed by atoms with E-state index in [-0.39, 0.29) is 0 Å². The van der Waals surface area contributed by atoms with Gasteiger partial charge in [-0.1, -0.05) is 18.2 Å². The molecule has 0 saturated heterocycles. The molecule has 1 aromatic carbocycles. The molecule has 0 radical (unpaired) electrons. The van der Waals surface area contributed by atoms with Crippen molar-refractivity contribution in [2.75, 3.05) is 7.11 Å². The minimum atomic E-state index is -1.07. The number of esters is 1. The second-order valence-electron chi connectivity index (χ2n) is 3.49. The van der Waals surface area contributed by atoms with E-state index in [9.17, 15) is 9.90 Å². The molecule has 3 nitrogen and oxygen atoms in total. The van der Waals surface area contributed by atoms with Crippen LogP contribution in [0.15, 0.2) is 30.3 Å². The van der Waals surface area contributed by atoms with Crippen LogP contribution in [-0.2, 0) is 16.0 Å². The third kappa shape index (κ3) is 2.23. The highest BCUT2D eigenvalue weighted by molar-refractivity contribution is 7.19. The number of aliphatic hydroxyl groups is 1. The number of hydrogen-bond acceptors (Lipinski definition) is 4. The minimum Gasteiger partial charge on any atom is -0.467 e. The second kappa shape index (κ2) is 4.63. The van der Waals surface area contributed by atoms with Gasteiger partial charge in [0.05, 0.1) is 7.11 Å². The number of carbonyl (C=O) groups excluding carboxylic acids is 1.